The van der Waals surface area contributed by atoms with Gasteiger partial charge in [-0.05, 0) is 43.9 Å². The fourth-order valence-corrected chi connectivity index (χ4v) is 3.67. The molecule has 0 spiro atoms. The Kier molecular flexibility index (Phi) is 6.01. The van der Waals surface area contributed by atoms with E-state index in [1.165, 1.54) is 24.1 Å². The van der Waals surface area contributed by atoms with Crippen molar-refractivity contribution >= 4 is 28.7 Å². The van der Waals surface area contributed by atoms with Crippen molar-refractivity contribution in [3.8, 4) is 0 Å². The van der Waals surface area contributed by atoms with Gasteiger partial charge in [0.05, 0.1) is 23.0 Å². The molecule has 2 heterocycles. The summed E-state index contributed by atoms with van der Waals surface area (Å²) in [6.07, 6.45) is 5.66. The monoisotopic (exact) mass is 426 g/mol. The first-order valence-corrected chi connectivity index (χ1v) is 10.7. The Morgan fingerprint density at radius 2 is 2.03 bits per heavy atom. The van der Waals surface area contributed by atoms with Gasteiger partial charge in [-0.2, -0.15) is 0 Å². The summed E-state index contributed by atoms with van der Waals surface area (Å²) < 4.78 is 6.85. The summed E-state index contributed by atoms with van der Waals surface area (Å²) in [6.45, 7) is 0.112. The second-order valence-electron chi connectivity index (χ2n) is 8.20. The van der Waals surface area contributed by atoms with Gasteiger partial charge in [-0.1, -0.05) is 6.42 Å². The van der Waals surface area contributed by atoms with Crippen molar-refractivity contribution in [1.29, 1.82) is 0 Å². The smallest absolute Gasteiger partial charge is 0.338 e. The first-order chi connectivity index (χ1) is 14.9. The third-order valence-corrected chi connectivity index (χ3v) is 5.63. The van der Waals surface area contributed by atoms with Gasteiger partial charge < -0.3 is 15.0 Å². The lowest BCUT2D eigenvalue weighted by Crippen LogP contribution is -2.40. The first-order valence-electron chi connectivity index (χ1n) is 10.7. The number of ether oxygens (including phenoxy) is 1. The molecule has 9 heteroatoms. The molecule has 0 unspecified atom stereocenters. The number of carbonyl (C=O) groups is 3. The largest absolute Gasteiger partial charge is 0.452 e. The number of aromatic nitrogens is 2. The van der Waals surface area contributed by atoms with Crippen LogP contribution in [0.1, 0.15) is 48.3 Å². The minimum atomic E-state index is -0.678. The maximum Gasteiger partial charge on any atom is 0.338 e. The van der Waals surface area contributed by atoms with Gasteiger partial charge in [-0.3, -0.25) is 19.0 Å². The predicted molar refractivity (Wildman–Crippen MR) is 113 cm³/mol. The molecule has 1 aromatic heterocycles. The molecule has 1 aromatic carbocycles. The summed E-state index contributed by atoms with van der Waals surface area (Å²) in [5, 5.41) is 3.26. The van der Waals surface area contributed by atoms with Gasteiger partial charge >= 0.3 is 5.97 Å². The molecule has 2 amide bonds. The number of hydrogen-bond donors (Lipinski definition) is 1. The van der Waals surface area contributed by atoms with Crippen LogP contribution in [-0.2, 0) is 27.3 Å². The van der Waals surface area contributed by atoms with Crippen molar-refractivity contribution in [3.05, 3.63) is 39.9 Å². The van der Waals surface area contributed by atoms with E-state index in [9.17, 15) is 19.2 Å². The number of benzene rings is 1. The molecule has 9 nitrogen and oxygen atoms in total. The Morgan fingerprint density at radius 3 is 2.81 bits per heavy atom. The van der Waals surface area contributed by atoms with Crippen LogP contribution in [-0.4, -0.2) is 58.5 Å². The molecular weight excluding hydrogens is 400 g/mol. The maximum atomic E-state index is 12.8. The summed E-state index contributed by atoms with van der Waals surface area (Å²) in [7, 11) is 1.49. The standard InChI is InChI=1S/C22H26N4O5/c1-25(12-19(27)23-15-7-8-15)20(28)13-31-22(30)14-6-9-16-17(11-14)24-18-5-3-2-4-10-26(18)21(16)29/h6,9,11,15H,2-5,7-8,10,12-13H2,1H3,(H,23,27). The van der Waals surface area contributed by atoms with Crippen molar-refractivity contribution in [2.45, 2.75) is 51.1 Å². The van der Waals surface area contributed by atoms with Crippen LogP contribution in [0.2, 0.25) is 0 Å². The van der Waals surface area contributed by atoms with Gasteiger partial charge in [-0.15, -0.1) is 0 Å². The number of nitrogens with one attached hydrogen (secondary N) is 1. The third-order valence-electron chi connectivity index (χ3n) is 5.63. The molecule has 1 saturated carbocycles. The van der Waals surface area contributed by atoms with Crippen molar-refractivity contribution in [2.75, 3.05) is 20.2 Å². The summed E-state index contributed by atoms with van der Waals surface area (Å²) in [6, 6.07) is 4.84. The lowest BCUT2D eigenvalue weighted by atomic mass is 10.1. The molecule has 4 rings (SSSR count). The second kappa shape index (κ2) is 8.87. The van der Waals surface area contributed by atoms with E-state index in [0.29, 0.717) is 17.4 Å². The zero-order chi connectivity index (χ0) is 22.0. The van der Waals surface area contributed by atoms with Crippen LogP contribution in [0.25, 0.3) is 10.9 Å². The fourth-order valence-electron chi connectivity index (χ4n) is 3.67. The number of fused-ring (bicyclic) bond motifs is 2. The highest BCUT2D eigenvalue weighted by Crippen LogP contribution is 2.18. The molecule has 1 fully saturated rings. The van der Waals surface area contributed by atoms with Gasteiger partial charge in [0, 0.05) is 26.1 Å². The Labute approximate surface area is 179 Å². The molecule has 1 aliphatic heterocycles. The van der Waals surface area contributed by atoms with Crippen LogP contribution in [0.15, 0.2) is 23.0 Å². The van der Waals surface area contributed by atoms with Crippen LogP contribution in [0.3, 0.4) is 0 Å². The molecule has 1 aliphatic carbocycles. The molecule has 164 valence electrons. The van der Waals surface area contributed by atoms with E-state index >= 15 is 0 Å². The summed E-state index contributed by atoms with van der Waals surface area (Å²) in [5.41, 5.74) is 0.579. The molecule has 0 bridgehead atoms. The van der Waals surface area contributed by atoms with Crippen molar-refractivity contribution in [2.24, 2.45) is 0 Å². The number of esters is 1. The number of hydrogen-bond acceptors (Lipinski definition) is 6. The van der Waals surface area contributed by atoms with E-state index in [1.54, 1.807) is 10.6 Å². The van der Waals surface area contributed by atoms with Gasteiger partial charge in [0.2, 0.25) is 5.91 Å². The molecule has 1 N–H and O–H groups in total. The summed E-state index contributed by atoms with van der Waals surface area (Å²) >= 11 is 0. The molecule has 0 saturated heterocycles. The van der Waals surface area contributed by atoms with E-state index in [4.69, 9.17) is 4.74 Å². The highest BCUT2D eigenvalue weighted by Gasteiger charge is 2.24. The Morgan fingerprint density at radius 1 is 1.23 bits per heavy atom. The summed E-state index contributed by atoms with van der Waals surface area (Å²) in [5.74, 6) is -0.637. The number of carbonyl (C=O) groups excluding carboxylic acids is 3. The quantitative estimate of drug-likeness (QED) is 0.691. The number of aryl methyl sites for hydroxylation is 1. The summed E-state index contributed by atoms with van der Waals surface area (Å²) in [4.78, 5) is 55.0. The average Bonchev–Trinajstić information content (AvgIpc) is 3.58. The second-order valence-corrected chi connectivity index (χ2v) is 8.20. The number of rotatable bonds is 6. The number of nitrogens with zero attached hydrogens (tertiary/aromatic N) is 3. The van der Waals surface area contributed by atoms with Crippen molar-refractivity contribution in [1.82, 2.24) is 19.8 Å². The average molecular weight is 426 g/mol. The molecule has 0 atom stereocenters. The molecule has 31 heavy (non-hydrogen) atoms. The van der Waals surface area contributed by atoms with Gasteiger partial charge in [0.1, 0.15) is 5.82 Å². The van der Waals surface area contributed by atoms with E-state index in [-0.39, 0.29) is 29.6 Å². The molecule has 2 aliphatic rings. The van der Waals surface area contributed by atoms with Crippen LogP contribution in [0.5, 0.6) is 0 Å². The normalized spacial score (nSPS) is 15.6. The highest BCUT2D eigenvalue weighted by molar-refractivity contribution is 5.95. The van der Waals surface area contributed by atoms with Crippen LogP contribution in [0.4, 0.5) is 0 Å². The minimum Gasteiger partial charge on any atom is -0.452 e. The zero-order valence-corrected chi connectivity index (χ0v) is 17.6. The van der Waals surface area contributed by atoms with E-state index in [2.05, 4.69) is 10.3 Å². The Balaban J connectivity index is 1.41. The van der Waals surface area contributed by atoms with Gasteiger partial charge in [0.15, 0.2) is 6.61 Å². The fraction of sp³-hybridized carbons (Fsp3) is 0.500. The SMILES string of the molecule is CN(CC(=O)NC1CC1)C(=O)COC(=O)c1ccc2c(=O)n3c(nc2c1)CCCCC3. The number of likely N-dealkylation sites (N-methyl/N-ethyl adjacent to an activating group) is 1. The van der Waals surface area contributed by atoms with E-state index in [1.807, 2.05) is 0 Å². The Hall–Kier alpha value is -3.23. The predicted octanol–water partition coefficient (Wildman–Crippen LogP) is 1.02. The Bertz CT molecular complexity index is 1090. The van der Waals surface area contributed by atoms with Gasteiger partial charge in [0.25, 0.3) is 11.5 Å². The third kappa shape index (κ3) is 4.92. The van der Waals surface area contributed by atoms with E-state index < -0.39 is 18.5 Å². The highest BCUT2D eigenvalue weighted by atomic mass is 16.5. The lowest BCUT2D eigenvalue weighted by Gasteiger charge is -2.16. The van der Waals surface area contributed by atoms with Crippen molar-refractivity contribution < 1.29 is 19.1 Å². The maximum absolute atomic E-state index is 12.8. The molecule has 2 aromatic rings. The molecular formula is C22H26N4O5. The number of amides is 2. The first kappa shape index (κ1) is 21.0. The molecule has 0 radical (unpaired) electrons. The van der Waals surface area contributed by atoms with Crippen LogP contribution >= 0.6 is 0 Å². The van der Waals surface area contributed by atoms with Crippen LogP contribution < -0.4 is 10.9 Å². The van der Waals surface area contributed by atoms with E-state index in [0.717, 1.165) is 44.3 Å². The lowest BCUT2D eigenvalue weighted by molar-refractivity contribution is -0.137. The minimum absolute atomic E-state index is 0.0815. The topological polar surface area (TPSA) is 111 Å². The van der Waals surface area contributed by atoms with Crippen LogP contribution in [0, 0.1) is 0 Å². The van der Waals surface area contributed by atoms with Crippen molar-refractivity contribution in [3.63, 3.8) is 0 Å². The zero-order valence-electron chi connectivity index (χ0n) is 17.6. The van der Waals surface area contributed by atoms with Gasteiger partial charge in [-0.25, -0.2) is 9.78 Å².